The summed E-state index contributed by atoms with van der Waals surface area (Å²) in [6.45, 7) is 8.95. The van der Waals surface area contributed by atoms with Crippen LogP contribution in [0.25, 0.3) is 0 Å². The summed E-state index contributed by atoms with van der Waals surface area (Å²) in [5.74, 6) is 0.222. The number of ether oxygens (including phenoxy) is 1. The monoisotopic (exact) mass is 308 g/mol. The minimum atomic E-state index is -1.92. The Morgan fingerprint density at radius 2 is 2.23 bits per heavy atom. The molecule has 120 valence electrons. The summed E-state index contributed by atoms with van der Waals surface area (Å²) in [5.41, 5.74) is -0.119. The van der Waals surface area contributed by atoms with Gasteiger partial charge in [0.1, 0.15) is 11.4 Å². The van der Waals surface area contributed by atoms with Crippen LogP contribution in [0.5, 0.6) is 5.75 Å². The Balaban J connectivity index is 2.86. The van der Waals surface area contributed by atoms with E-state index in [9.17, 15) is 4.79 Å². The van der Waals surface area contributed by atoms with Crippen LogP contribution in [0.1, 0.15) is 38.9 Å². The Morgan fingerprint density at radius 3 is 2.77 bits per heavy atom. The van der Waals surface area contributed by atoms with Crippen molar-refractivity contribution in [2.24, 2.45) is 0 Å². The highest BCUT2D eigenvalue weighted by Gasteiger charge is 2.21. The van der Waals surface area contributed by atoms with Crippen molar-refractivity contribution < 1.29 is 24.2 Å². The average Bonchev–Trinajstić information content (AvgIpc) is 2.35. The molecule has 3 N–H and O–H groups in total. The van der Waals surface area contributed by atoms with E-state index in [1.165, 1.54) is 18.3 Å². The second-order valence-corrected chi connectivity index (χ2v) is 5.58. The predicted octanol–water partition coefficient (Wildman–Crippen LogP) is 1.57. The van der Waals surface area contributed by atoms with Gasteiger partial charge >= 0.3 is 13.4 Å². The molecule has 0 saturated heterocycles. The highest BCUT2D eigenvalue weighted by atomic mass is 16.6. The van der Waals surface area contributed by atoms with Crippen molar-refractivity contribution in [3.8, 4) is 5.75 Å². The first-order valence-corrected chi connectivity index (χ1v) is 6.80. The standard InChI is InChI=1S/C14H21BN2O5/c1-5-6-11(17-13(18)21-14(2,3)4)12-9-10(7-8-16-12)22-15(19)20/h5,7-9,11,19-20H,1,6H2,2-4H3,(H,17,18)/t11-/m0/s1. The molecule has 0 aliphatic heterocycles. The van der Waals surface area contributed by atoms with Crippen molar-refractivity contribution in [2.45, 2.75) is 38.8 Å². The van der Waals surface area contributed by atoms with Crippen molar-refractivity contribution in [3.05, 3.63) is 36.7 Å². The van der Waals surface area contributed by atoms with Gasteiger partial charge in [-0.25, -0.2) is 4.79 Å². The van der Waals surface area contributed by atoms with E-state index in [0.717, 1.165) is 0 Å². The fraction of sp³-hybridized carbons (Fsp3) is 0.429. The number of amides is 1. The number of nitrogens with zero attached hydrogens (tertiary/aromatic N) is 1. The van der Waals surface area contributed by atoms with E-state index < -0.39 is 25.1 Å². The van der Waals surface area contributed by atoms with Crippen LogP contribution in [0.15, 0.2) is 31.0 Å². The van der Waals surface area contributed by atoms with Gasteiger partial charge in [0.25, 0.3) is 0 Å². The second kappa shape index (κ2) is 7.81. The zero-order chi connectivity index (χ0) is 16.8. The van der Waals surface area contributed by atoms with Gasteiger partial charge in [0.15, 0.2) is 0 Å². The maximum Gasteiger partial charge on any atom is 0.707 e. The maximum atomic E-state index is 11.9. The first-order chi connectivity index (χ1) is 10.2. The van der Waals surface area contributed by atoms with Crippen LogP contribution >= 0.6 is 0 Å². The number of pyridine rings is 1. The van der Waals surface area contributed by atoms with E-state index in [1.54, 1.807) is 26.8 Å². The van der Waals surface area contributed by atoms with Gasteiger partial charge in [-0.05, 0) is 33.3 Å². The van der Waals surface area contributed by atoms with Crippen molar-refractivity contribution in [1.82, 2.24) is 10.3 Å². The zero-order valence-electron chi connectivity index (χ0n) is 12.9. The Bertz CT molecular complexity index is 516. The number of carbonyl (C=O) groups is 1. The molecule has 0 saturated carbocycles. The van der Waals surface area contributed by atoms with Crippen LogP contribution in [0, 0.1) is 0 Å². The number of alkyl carbamates (subject to hydrolysis) is 1. The molecule has 1 aromatic heterocycles. The molecule has 0 aromatic carbocycles. The molecule has 1 heterocycles. The Kier molecular flexibility index (Phi) is 6.39. The number of hydrogen-bond acceptors (Lipinski definition) is 6. The van der Waals surface area contributed by atoms with Gasteiger partial charge in [0.2, 0.25) is 0 Å². The lowest BCUT2D eigenvalue weighted by Crippen LogP contribution is -2.35. The number of nitrogens with one attached hydrogen (secondary N) is 1. The number of carbonyl (C=O) groups excluding carboxylic acids is 1. The van der Waals surface area contributed by atoms with Crippen molar-refractivity contribution in [1.29, 1.82) is 0 Å². The molecule has 0 bridgehead atoms. The highest BCUT2D eigenvalue weighted by molar-refractivity contribution is 6.33. The van der Waals surface area contributed by atoms with Crippen molar-refractivity contribution in [2.75, 3.05) is 0 Å². The Hall–Kier alpha value is -2.06. The van der Waals surface area contributed by atoms with Crippen LogP contribution in [0.2, 0.25) is 0 Å². The van der Waals surface area contributed by atoms with E-state index in [2.05, 4.69) is 16.9 Å². The van der Waals surface area contributed by atoms with Gasteiger partial charge in [-0.15, -0.1) is 6.58 Å². The zero-order valence-corrected chi connectivity index (χ0v) is 12.9. The molecular weight excluding hydrogens is 287 g/mol. The van der Waals surface area contributed by atoms with Crippen molar-refractivity contribution >= 4 is 13.4 Å². The van der Waals surface area contributed by atoms with Crippen molar-refractivity contribution in [3.63, 3.8) is 0 Å². The van der Waals surface area contributed by atoms with Gasteiger partial charge in [0, 0.05) is 12.3 Å². The van der Waals surface area contributed by atoms with E-state index >= 15 is 0 Å². The molecule has 8 heteroatoms. The van der Waals surface area contributed by atoms with Gasteiger partial charge in [0.05, 0.1) is 11.7 Å². The van der Waals surface area contributed by atoms with Gasteiger partial charge in [-0.2, -0.15) is 0 Å². The fourth-order valence-electron chi connectivity index (χ4n) is 1.68. The number of aromatic nitrogens is 1. The van der Waals surface area contributed by atoms with Crippen LogP contribution in [-0.2, 0) is 4.74 Å². The molecule has 22 heavy (non-hydrogen) atoms. The second-order valence-electron chi connectivity index (χ2n) is 5.58. The van der Waals surface area contributed by atoms with E-state index in [0.29, 0.717) is 12.1 Å². The molecule has 7 nitrogen and oxygen atoms in total. The summed E-state index contributed by atoms with van der Waals surface area (Å²) in [7, 11) is -1.92. The Labute approximate surface area is 130 Å². The molecule has 0 aliphatic rings. The van der Waals surface area contributed by atoms with Gasteiger partial charge in [-0.3, -0.25) is 4.98 Å². The molecule has 0 unspecified atom stereocenters. The lowest BCUT2D eigenvalue weighted by molar-refractivity contribution is 0.0502. The van der Waals surface area contributed by atoms with Crippen LogP contribution < -0.4 is 9.97 Å². The first kappa shape index (κ1) is 18.0. The van der Waals surface area contributed by atoms with E-state index in [-0.39, 0.29) is 5.75 Å². The summed E-state index contributed by atoms with van der Waals surface area (Å²) in [5, 5.41) is 20.3. The SMILES string of the molecule is C=CC[C@H](NC(=O)OC(C)(C)C)c1cc(OB(O)O)ccn1. The third kappa shape index (κ3) is 6.60. The first-order valence-electron chi connectivity index (χ1n) is 6.80. The molecule has 0 spiro atoms. The van der Waals surface area contributed by atoms with E-state index in [1.807, 2.05) is 0 Å². The van der Waals surface area contributed by atoms with Crippen LogP contribution in [-0.4, -0.2) is 34.0 Å². The number of hydrogen-bond donors (Lipinski definition) is 3. The number of rotatable bonds is 6. The van der Waals surface area contributed by atoms with E-state index in [4.69, 9.17) is 19.4 Å². The van der Waals surface area contributed by atoms with Crippen LogP contribution in [0.4, 0.5) is 4.79 Å². The maximum absolute atomic E-state index is 11.9. The van der Waals surface area contributed by atoms with Crippen LogP contribution in [0.3, 0.4) is 0 Å². The smallest absolute Gasteiger partial charge is 0.512 e. The molecule has 1 amide bonds. The normalized spacial score (nSPS) is 12.2. The molecule has 1 rings (SSSR count). The summed E-state index contributed by atoms with van der Waals surface area (Å²) in [4.78, 5) is 16.0. The molecule has 0 fully saturated rings. The minimum Gasteiger partial charge on any atom is -0.512 e. The van der Waals surface area contributed by atoms with Gasteiger partial charge in [-0.1, -0.05) is 6.08 Å². The third-order valence-electron chi connectivity index (χ3n) is 2.44. The molecule has 1 aromatic rings. The predicted molar refractivity (Wildman–Crippen MR) is 82.0 cm³/mol. The summed E-state index contributed by atoms with van der Waals surface area (Å²) >= 11 is 0. The molecular formula is C14H21BN2O5. The largest absolute Gasteiger partial charge is 0.707 e. The van der Waals surface area contributed by atoms with Gasteiger partial charge < -0.3 is 24.8 Å². The summed E-state index contributed by atoms with van der Waals surface area (Å²) < 4.78 is 9.98. The summed E-state index contributed by atoms with van der Waals surface area (Å²) in [6, 6.07) is 2.51. The third-order valence-corrected chi connectivity index (χ3v) is 2.44. The lowest BCUT2D eigenvalue weighted by atomic mass is 10.1. The average molecular weight is 308 g/mol. The summed E-state index contributed by atoms with van der Waals surface area (Å²) in [6.07, 6.45) is 2.93. The molecule has 0 radical (unpaired) electrons. The quantitative estimate of drug-likeness (QED) is 0.545. The Morgan fingerprint density at radius 1 is 1.55 bits per heavy atom. The fourth-order valence-corrected chi connectivity index (χ4v) is 1.68. The highest BCUT2D eigenvalue weighted by Crippen LogP contribution is 2.20. The molecule has 0 aliphatic carbocycles. The lowest BCUT2D eigenvalue weighted by Gasteiger charge is -2.23. The topological polar surface area (TPSA) is 101 Å². The molecule has 1 atom stereocenters. The minimum absolute atomic E-state index is 0.222.